The van der Waals surface area contributed by atoms with E-state index in [4.69, 9.17) is 16.7 Å². The highest BCUT2D eigenvalue weighted by Crippen LogP contribution is 2.23. The number of hydrogen-bond acceptors (Lipinski definition) is 4. The monoisotopic (exact) mass is 283 g/mol. The summed E-state index contributed by atoms with van der Waals surface area (Å²) >= 11 is 6.03. The highest BCUT2D eigenvalue weighted by molar-refractivity contribution is 6.35. The fraction of sp³-hybridized carbons (Fsp3) is 0.538. The molecule has 104 valence electrons. The van der Waals surface area contributed by atoms with E-state index >= 15 is 0 Å². The van der Waals surface area contributed by atoms with E-state index in [0.717, 1.165) is 13.1 Å². The summed E-state index contributed by atoms with van der Waals surface area (Å²) in [6.07, 6.45) is 3.95. The predicted molar refractivity (Wildman–Crippen MR) is 75.0 cm³/mol. The summed E-state index contributed by atoms with van der Waals surface area (Å²) in [5, 5.41) is 12.3. The first kappa shape index (κ1) is 14.1. The van der Waals surface area contributed by atoms with Crippen LogP contribution in [0.25, 0.3) is 0 Å². The van der Waals surface area contributed by atoms with E-state index in [1.165, 1.54) is 25.1 Å². The van der Waals surface area contributed by atoms with Crippen molar-refractivity contribution in [3.05, 3.63) is 22.8 Å². The minimum absolute atomic E-state index is 0.0768. The molecule has 0 aromatic carbocycles. The molecular weight excluding hydrogens is 266 g/mol. The highest BCUT2D eigenvalue weighted by Gasteiger charge is 2.19. The van der Waals surface area contributed by atoms with Gasteiger partial charge in [0.1, 0.15) is 5.82 Å². The topological polar surface area (TPSA) is 65.5 Å². The summed E-state index contributed by atoms with van der Waals surface area (Å²) in [4.78, 5) is 17.5. The van der Waals surface area contributed by atoms with Gasteiger partial charge in [-0.1, -0.05) is 11.6 Å². The lowest BCUT2D eigenvalue weighted by Gasteiger charge is -2.24. The molecule has 1 unspecified atom stereocenters. The lowest BCUT2D eigenvalue weighted by Crippen LogP contribution is -2.35. The van der Waals surface area contributed by atoms with E-state index in [1.54, 1.807) is 0 Å². The Morgan fingerprint density at radius 2 is 2.26 bits per heavy atom. The number of aromatic nitrogens is 1. The largest absolute Gasteiger partial charge is 0.478 e. The number of aromatic carboxylic acids is 1. The summed E-state index contributed by atoms with van der Waals surface area (Å²) in [5.41, 5.74) is 0.0768. The molecule has 1 saturated heterocycles. The zero-order valence-corrected chi connectivity index (χ0v) is 11.7. The molecular formula is C13H18ClN3O2. The van der Waals surface area contributed by atoms with Crippen LogP contribution in [0.1, 0.15) is 30.1 Å². The lowest BCUT2D eigenvalue weighted by atomic mass is 10.2. The van der Waals surface area contributed by atoms with E-state index in [1.807, 2.05) is 0 Å². The first-order valence-electron chi connectivity index (χ1n) is 6.45. The van der Waals surface area contributed by atoms with E-state index < -0.39 is 5.97 Å². The van der Waals surface area contributed by atoms with Gasteiger partial charge in [0.25, 0.3) is 0 Å². The van der Waals surface area contributed by atoms with E-state index in [-0.39, 0.29) is 10.6 Å². The Morgan fingerprint density at radius 1 is 1.58 bits per heavy atom. The van der Waals surface area contributed by atoms with Crippen LogP contribution in [0, 0.1) is 0 Å². The van der Waals surface area contributed by atoms with Crippen LogP contribution >= 0.6 is 11.6 Å². The quantitative estimate of drug-likeness (QED) is 0.868. The van der Waals surface area contributed by atoms with Gasteiger partial charge in [-0.15, -0.1) is 0 Å². The number of halogens is 1. The van der Waals surface area contributed by atoms with E-state index in [0.29, 0.717) is 18.4 Å². The molecule has 2 N–H and O–H groups in total. The molecule has 6 heteroatoms. The van der Waals surface area contributed by atoms with Gasteiger partial charge < -0.3 is 10.4 Å². The molecule has 1 fully saturated rings. The number of hydrogen-bond donors (Lipinski definition) is 2. The number of likely N-dealkylation sites (tertiary alicyclic amines) is 1. The molecule has 1 aromatic heterocycles. The Balaban J connectivity index is 1.99. The molecule has 0 radical (unpaired) electrons. The molecule has 0 saturated carbocycles. The van der Waals surface area contributed by atoms with Crippen LogP contribution in [0.2, 0.25) is 5.02 Å². The summed E-state index contributed by atoms with van der Waals surface area (Å²) in [5.74, 6) is -0.601. The summed E-state index contributed by atoms with van der Waals surface area (Å²) in [6, 6.07) is 1.79. The molecule has 1 aliphatic rings. The number of rotatable bonds is 5. The SMILES string of the molecule is CC(CNc1nccc(C(=O)O)c1Cl)N1CCCC1. The molecule has 1 aliphatic heterocycles. The van der Waals surface area contributed by atoms with Crippen molar-refractivity contribution in [2.24, 2.45) is 0 Å². The van der Waals surface area contributed by atoms with Crippen molar-refractivity contribution in [2.45, 2.75) is 25.8 Å². The van der Waals surface area contributed by atoms with Gasteiger partial charge in [0, 0.05) is 18.8 Å². The standard InChI is InChI=1S/C13H18ClN3O2/c1-9(17-6-2-3-7-17)8-16-12-11(14)10(13(18)19)4-5-15-12/h4-5,9H,2-3,6-8H2,1H3,(H,15,16)(H,18,19). The Kier molecular flexibility index (Phi) is 4.61. The number of pyridine rings is 1. The Labute approximate surface area is 117 Å². The Bertz CT molecular complexity index is 461. The van der Waals surface area contributed by atoms with Crippen molar-refractivity contribution < 1.29 is 9.90 Å². The van der Waals surface area contributed by atoms with Crippen LogP contribution in [-0.2, 0) is 0 Å². The number of nitrogens with one attached hydrogen (secondary N) is 1. The van der Waals surface area contributed by atoms with Gasteiger partial charge in [0.05, 0.1) is 10.6 Å². The fourth-order valence-electron chi connectivity index (χ4n) is 2.29. The average molecular weight is 284 g/mol. The molecule has 1 atom stereocenters. The first-order chi connectivity index (χ1) is 9.09. The third-order valence-electron chi connectivity index (χ3n) is 3.45. The van der Waals surface area contributed by atoms with Crippen molar-refractivity contribution in [3.8, 4) is 0 Å². The zero-order chi connectivity index (χ0) is 13.8. The number of carbonyl (C=O) groups is 1. The third-order valence-corrected chi connectivity index (χ3v) is 3.83. The van der Waals surface area contributed by atoms with Gasteiger partial charge in [-0.25, -0.2) is 9.78 Å². The van der Waals surface area contributed by atoms with Crippen LogP contribution in [-0.4, -0.2) is 46.6 Å². The molecule has 2 rings (SSSR count). The molecule has 19 heavy (non-hydrogen) atoms. The second-order valence-corrected chi connectivity index (χ2v) is 5.18. The molecule has 1 aromatic rings. The van der Waals surface area contributed by atoms with E-state index in [9.17, 15) is 4.79 Å². The van der Waals surface area contributed by atoms with Crippen LogP contribution in [0.3, 0.4) is 0 Å². The van der Waals surface area contributed by atoms with Gasteiger partial charge in [0.15, 0.2) is 0 Å². The second kappa shape index (κ2) is 6.21. The van der Waals surface area contributed by atoms with Crippen LogP contribution in [0.5, 0.6) is 0 Å². The molecule has 0 aliphatic carbocycles. The molecule has 2 heterocycles. The van der Waals surface area contributed by atoms with Crippen molar-refractivity contribution in [1.29, 1.82) is 0 Å². The van der Waals surface area contributed by atoms with Gasteiger partial charge in [-0.2, -0.15) is 0 Å². The molecule has 0 spiro atoms. The Hall–Kier alpha value is -1.33. The number of anilines is 1. The van der Waals surface area contributed by atoms with Crippen LogP contribution < -0.4 is 5.32 Å². The van der Waals surface area contributed by atoms with Crippen molar-refractivity contribution in [1.82, 2.24) is 9.88 Å². The van der Waals surface area contributed by atoms with Crippen LogP contribution in [0.4, 0.5) is 5.82 Å². The third kappa shape index (κ3) is 3.36. The summed E-state index contributed by atoms with van der Waals surface area (Å²) in [7, 11) is 0. The smallest absolute Gasteiger partial charge is 0.337 e. The zero-order valence-electron chi connectivity index (χ0n) is 10.9. The number of carboxylic acid groups (broad SMARTS) is 1. The van der Waals surface area contributed by atoms with Gasteiger partial charge >= 0.3 is 5.97 Å². The first-order valence-corrected chi connectivity index (χ1v) is 6.83. The Morgan fingerprint density at radius 3 is 2.89 bits per heavy atom. The highest BCUT2D eigenvalue weighted by atomic mass is 35.5. The minimum atomic E-state index is -1.04. The van der Waals surface area contributed by atoms with Crippen molar-refractivity contribution in [2.75, 3.05) is 25.0 Å². The van der Waals surface area contributed by atoms with Crippen molar-refractivity contribution >= 4 is 23.4 Å². The fourth-order valence-corrected chi connectivity index (χ4v) is 2.55. The number of nitrogens with zero attached hydrogens (tertiary/aromatic N) is 2. The normalized spacial score (nSPS) is 17.4. The maximum atomic E-state index is 11.0. The summed E-state index contributed by atoms with van der Waals surface area (Å²) in [6.45, 7) is 5.10. The average Bonchev–Trinajstić information content (AvgIpc) is 2.90. The van der Waals surface area contributed by atoms with Gasteiger partial charge in [0.2, 0.25) is 0 Å². The molecule has 0 bridgehead atoms. The van der Waals surface area contributed by atoms with Crippen LogP contribution in [0.15, 0.2) is 12.3 Å². The maximum absolute atomic E-state index is 11.0. The molecule has 0 amide bonds. The summed E-state index contributed by atoms with van der Waals surface area (Å²) < 4.78 is 0. The second-order valence-electron chi connectivity index (χ2n) is 4.80. The lowest BCUT2D eigenvalue weighted by molar-refractivity contribution is 0.0697. The predicted octanol–water partition coefficient (Wildman–Crippen LogP) is 2.33. The number of carboxylic acids is 1. The van der Waals surface area contributed by atoms with E-state index in [2.05, 4.69) is 22.1 Å². The van der Waals surface area contributed by atoms with Gasteiger partial charge in [-0.05, 0) is 38.9 Å². The molecule has 5 nitrogen and oxygen atoms in total. The maximum Gasteiger partial charge on any atom is 0.337 e. The van der Waals surface area contributed by atoms with Crippen molar-refractivity contribution in [3.63, 3.8) is 0 Å². The van der Waals surface area contributed by atoms with Gasteiger partial charge in [-0.3, -0.25) is 4.90 Å². The minimum Gasteiger partial charge on any atom is -0.478 e.